The molecule has 5 heteroatoms. The minimum Gasteiger partial charge on any atom is -0.497 e. The van der Waals surface area contributed by atoms with Crippen LogP contribution in [0.3, 0.4) is 0 Å². The molecular weight excluding hydrogens is 270 g/mol. The highest BCUT2D eigenvalue weighted by atomic mass is 16.5. The summed E-state index contributed by atoms with van der Waals surface area (Å²) in [4.78, 5) is 24.4. The number of methoxy groups -OCH3 is 1. The van der Waals surface area contributed by atoms with Crippen LogP contribution in [-0.2, 0) is 9.59 Å². The molecule has 0 saturated heterocycles. The third-order valence-corrected chi connectivity index (χ3v) is 3.14. The highest BCUT2D eigenvalue weighted by molar-refractivity contribution is 5.92. The normalized spacial score (nSPS) is 12.1. The third kappa shape index (κ3) is 5.30. The first-order chi connectivity index (χ1) is 9.97. The number of aliphatic carboxylic acids is 1. The maximum atomic E-state index is 12.1. The Hall–Kier alpha value is -2.30. The van der Waals surface area contributed by atoms with Gasteiger partial charge in [0.2, 0.25) is 5.91 Å². The fourth-order valence-electron chi connectivity index (χ4n) is 2.06. The minimum absolute atomic E-state index is 0.0629. The van der Waals surface area contributed by atoms with Gasteiger partial charge in [-0.25, -0.2) is 0 Å². The van der Waals surface area contributed by atoms with E-state index < -0.39 is 5.97 Å². The Morgan fingerprint density at radius 3 is 2.71 bits per heavy atom. The molecule has 0 aliphatic carbocycles. The van der Waals surface area contributed by atoms with Gasteiger partial charge in [0.25, 0.3) is 0 Å². The van der Waals surface area contributed by atoms with Gasteiger partial charge in [0, 0.05) is 18.7 Å². The summed E-state index contributed by atoms with van der Waals surface area (Å²) >= 11 is 0. The Morgan fingerprint density at radius 1 is 1.43 bits per heavy atom. The van der Waals surface area contributed by atoms with Crippen molar-refractivity contribution in [2.75, 3.05) is 13.7 Å². The molecule has 1 aromatic rings. The largest absolute Gasteiger partial charge is 0.497 e. The van der Waals surface area contributed by atoms with Crippen LogP contribution in [0.4, 0.5) is 0 Å². The number of carboxylic acids is 1. The molecule has 0 aliphatic heterocycles. The predicted octanol–water partition coefficient (Wildman–Crippen LogP) is 2.42. The van der Waals surface area contributed by atoms with E-state index in [0.29, 0.717) is 6.54 Å². The molecule has 0 heterocycles. The predicted molar refractivity (Wildman–Crippen MR) is 81.1 cm³/mol. The van der Waals surface area contributed by atoms with E-state index in [2.05, 4.69) is 0 Å². The SMILES string of the molecule is CCN(C(=O)C=Cc1cccc(OC)c1)C(C)CC(=O)O. The smallest absolute Gasteiger partial charge is 0.305 e. The Morgan fingerprint density at radius 2 is 2.14 bits per heavy atom. The van der Waals surface area contributed by atoms with E-state index in [0.717, 1.165) is 11.3 Å². The number of rotatable bonds is 7. The standard InChI is InChI=1S/C16H21NO4/c1-4-17(12(2)10-16(19)20)15(18)9-8-13-6-5-7-14(11-13)21-3/h5-9,11-12H,4,10H2,1-3H3,(H,19,20). The summed E-state index contributed by atoms with van der Waals surface area (Å²) in [7, 11) is 1.58. The lowest BCUT2D eigenvalue weighted by atomic mass is 10.1. The first-order valence-electron chi connectivity index (χ1n) is 6.82. The summed E-state index contributed by atoms with van der Waals surface area (Å²) in [5, 5.41) is 8.81. The maximum absolute atomic E-state index is 12.1. The molecule has 0 bridgehead atoms. The molecule has 0 aromatic heterocycles. The van der Waals surface area contributed by atoms with Gasteiger partial charge in [0.1, 0.15) is 5.75 Å². The van der Waals surface area contributed by atoms with Crippen LogP contribution < -0.4 is 4.74 Å². The molecule has 1 unspecified atom stereocenters. The topological polar surface area (TPSA) is 66.8 Å². The first kappa shape index (κ1) is 16.8. The summed E-state index contributed by atoms with van der Waals surface area (Å²) < 4.78 is 5.12. The number of carbonyl (C=O) groups excluding carboxylic acids is 1. The van der Waals surface area contributed by atoms with Crippen molar-refractivity contribution in [3.63, 3.8) is 0 Å². The number of carboxylic acid groups (broad SMARTS) is 1. The van der Waals surface area contributed by atoms with Gasteiger partial charge in [-0.1, -0.05) is 12.1 Å². The van der Waals surface area contributed by atoms with E-state index in [1.165, 1.54) is 11.0 Å². The van der Waals surface area contributed by atoms with Crippen molar-refractivity contribution in [2.24, 2.45) is 0 Å². The number of likely N-dealkylation sites (N-methyl/N-ethyl adjacent to an activating group) is 1. The van der Waals surface area contributed by atoms with Crippen molar-refractivity contribution in [1.82, 2.24) is 4.90 Å². The molecule has 0 saturated carbocycles. The summed E-state index contributed by atoms with van der Waals surface area (Å²) in [5.41, 5.74) is 0.852. The van der Waals surface area contributed by atoms with Gasteiger partial charge in [-0.2, -0.15) is 0 Å². The van der Waals surface area contributed by atoms with Gasteiger partial charge >= 0.3 is 5.97 Å². The minimum atomic E-state index is -0.912. The zero-order chi connectivity index (χ0) is 15.8. The number of ether oxygens (including phenoxy) is 1. The summed E-state index contributed by atoms with van der Waals surface area (Å²) in [5.74, 6) is -0.393. The second kappa shape index (κ2) is 8.09. The zero-order valence-corrected chi connectivity index (χ0v) is 12.6. The number of amides is 1. The molecule has 0 fully saturated rings. The maximum Gasteiger partial charge on any atom is 0.305 e. The van der Waals surface area contributed by atoms with E-state index in [1.807, 2.05) is 31.2 Å². The van der Waals surface area contributed by atoms with E-state index in [-0.39, 0.29) is 18.4 Å². The molecule has 0 spiro atoms. The number of benzene rings is 1. The molecule has 21 heavy (non-hydrogen) atoms. The number of hydrogen-bond donors (Lipinski definition) is 1. The summed E-state index contributed by atoms with van der Waals surface area (Å²) in [6, 6.07) is 7.01. The molecule has 5 nitrogen and oxygen atoms in total. The lowest BCUT2D eigenvalue weighted by Gasteiger charge is -2.25. The zero-order valence-electron chi connectivity index (χ0n) is 12.6. The van der Waals surface area contributed by atoms with Crippen molar-refractivity contribution in [1.29, 1.82) is 0 Å². The van der Waals surface area contributed by atoms with Gasteiger partial charge < -0.3 is 14.7 Å². The van der Waals surface area contributed by atoms with Crippen LogP contribution in [0.1, 0.15) is 25.8 Å². The van der Waals surface area contributed by atoms with Crippen LogP contribution in [0.15, 0.2) is 30.3 Å². The fourth-order valence-corrected chi connectivity index (χ4v) is 2.06. The highest BCUT2D eigenvalue weighted by Crippen LogP contribution is 2.14. The second-order valence-corrected chi connectivity index (χ2v) is 4.68. The van der Waals surface area contributed by atoms with Gasteiger partial charge in [0.05, 0.1) is 13.5 Å². The number of carbonyl (C=O) groups is 2. The van der Waals surface area contributed by atoms with Crippen molar-refractivity contribution in [3.05, 3.63) is 35.9 Å². The first-order valence-corrected chi connectivity index (χ1v) is 6.82. The molecular formula is C16H21NO4. The lowest BCUT2D eigenvalue weighted by Crippen LogP contribution is -2.38. The van der Waals surface area contributed by atoms with Crippen LogP contribution in [-0.4, -0.2) is 41.6 Å². The van der Waals surface area contributed by atoms with Crippen LogP contribution in [0.5, 0.6) is 5.75 Å². The van der Waals surface area contributed by atoms with Crippen molar-refractivity contribution in [3.8, 4) is 5.75 Å². The van der Waals surface area contributed by atoms with Gasteiger partial charge in [-0.3, -0.25) is 9.59 Å². The quantitative estimate of drug-likeness (QED) is 0.783. The molecule has 1 atom stereocenters. The Labute approximate surface area is 124 Å². The second-order valence-electron chi connectivity index (χ2n) is 4.68. The molecule has 114 valence electrons. The van der Waals surface area contributed by atoms with Crippen molar-refractivity contribution in [2.45, 2.75) is 26.3 Å². The number of hydrogen-bond acceptors (Lipinski definition) is 3. The molecule has 0 radical (unpaired) electrons. The van der Waals surface area contributed by atoms with Crippen molar-refractivity contribution < 1.29 is 19.4 Å². The van der Waals surface area contributed by atoms with E-state index in [1.54, 1.807) is 20.1 Å². The fraction of sp³-hybridized carbons (Fsp3) is 0.375. The van der Waals surface area contributed by atoms with E-state index in [4.69, 9.17) is 9.84 Å². The summed E-state index contributed by atoms with van der Waals surface area (Å²) in [6.07, 6.45) is 3.09. The Balaban J connectivity index is 2.76. The van der Waals surface area contributed by atoms with Crippen LogP contribution in [0.2, 0.25) is 0 Å². The Kier molecular flexibility index (Phi) is 6.46. The molecule has 1 amide bonds. The van der Waals surface area contributed by atoms with Gasteiger partial charge in [-0.05, 0) is 37.6 Å². The molecule has 0 aliphatic rings. The molecule has 1 aromatic carbocycles. The van der Waals surface area contributed by atoms with Crippen molar-refractivity contribution >= 4 is 18.0 Å². The Bertz CT molecular complexity index is 525. The molecule has 1 N–H and O–H groups in total. The van der Waals surface area contributed by atoms with Crippen LogP contribution in [0.25, 0.3) is 6.08 Å². The van der Waals surface area contributed by atoms with E-state index >= 15 is 0 Å². The lowest BCUT2D eigenvalue weighted by molar-refractivity contribution is -0.139. The van der Waals surface area contributed by atoms with Crippen LogP contribution >= 0.6 is 0 Å². The van der Waals surface area contributed by atoms with E-state index in [9.17, 15) is 9.59 Å². The van der Waals surface area contributed by atoms with Gasteiger partial charge in [0.15, 0.2) is 0 Å². The average Bonchev–Trinajstić information content (AvgIpc) is 2.45. The van der Waals surface area contributed by atoms with Crippen LogP contribution in [0, 0.1) is 0 Å². The molecule has 1 rings (SSSR count). The van der Waals surface area contributed by atoms with Gasteiger partial charge in [-0.15, -0.1) is 0 Å². The monoisotopic (exact) mass is 291 g/mol. The number of nitrogens with zero attached hydrogens (tertiary/aromatic N) is 1. The average molecular weight is 291 g/mol. The highest BCUT2D eigenvalue weighted by Gasteiger charge is 2.18. The third-order valence-electron chi connectivity index (χ3n) is 3.14. The summed E-state index contributed by atoms with van der Waals surface area (Å²) in [6.45, 7) is 4.03.